The molecule has 5 nitrogen and oxygen atoms in total. The van der Waals surface area contributed by atoms with E-state index in [0.29, 0.717) is 19.0 Å². The second-order valence-electron chi connectivity index (χ2n) is 5.12. The number of primary amides is 1. The second-order valence-corrected chi connectivity index (χ2v) is 5.12. The lowest BCUT2D eigenvalue weighted by molar-refractivity contribution is -0.139. The minimum Gasteiger partial charge on any atom is -0.368 e. The molecule has 0 aliphatic carbocycles. The number of nitrogens with one attached hydrogen (secondary N) is 1. The van der Waals surface area contributed by atoms with Crippen LogP contribution in [0.5, 0.6) is 0 Å². The summed E-state index contributed by atoms with van der Waals surface area (Å²) in [6.45, 7) is 6.38. The molecule has 0 aromatic heterocycles. The van der Waals surface area contributed by atoms with Crippen molar-refractivity contribution in [2.75, 3.05) is 26.2 Å². The summed E-state index contributed by atoms with van der Waals surface area (Å²) in [5.74, 6) is -0.0378. The van der Waals surface area contributed by atoms with Gasteiger partial charge in [-0.3, -0.25) is 9.59 Å². The molecule has 0 saturated carbocycles. The van der Waals surface area contributed by atoms with Crippen LogP contribution in [-0.4, -0.2) is 42.9 Å². The predicted molar refractivity (Wildman–Crippen MR) is 66.2 cm³/mol. The van der Waals surface area contributed by atoms with Gasteiger partial charge in [-0.15, -0.1) is 0 Å². The van der Waals surface area contributed by atoms with Crippen molar-refractivity contribution in [2.45, 2.75) is 26.7 Å². The molecule has 1 fully saturated rings. The van der Waals surface area contributed by atoms with Gasteiger partial charge in [0.1, 0.15) is 0 Å². The fourth-order valence-electron chi connectivity index (χ4n) is 2.18. The van der Waals surface area contributed by atoms with Crippen molar-refractivity contribution in [3.8, 4) is 0 Å². The molecule has 1 aliphatic heterocycles. The average molecular weight is 241 g/mol. The van der Waals surface area contributed by atoms with Crippen LogP contribution in [-0.2, 0) is 9.59 Å². The lowest BCUT2D eigenvalue weighted by Crippen LogP contribution is -2.47. The Hall–Kier alpha value is -1.10. The summed E-state index contributed by atoms with van der Waals surface area (Å²) in [7, 11) is 0. The summed E-state index contributed by atoms with van der Waals surface area (Å²) in [4.78, 5) is 24.8. The standard InChI is InChI=1S/C12H23N3O2/c1-9(2)7-15(8-11(13)16)12(17)10-4-3-5-14-6-10/h9-10,14H,3-8H2,1-2H3,(H2,13,16)/t10-/m1/s1. The first kappa shape index (κ1) is 14.0. The molecule has 1 rings (SSSR count). The summed E-state index contributed by atoms with van der Waals surface area (Å²) in [5, 5.41) is 3.21. The van der Waals surface area contributed by atoms with Gasteiger partial charge in [0.25, 0.3) is 0 Å². The number of carbonyl (C=O) groups excluding carboxylic acids is 2. The molecule has 0 unspecified atom stereocenters. The van der Waals surface area contributed by atoms with Crippen LogP contribution in [0.2, 0.25) is 0 Å². The minimum absolute atomic E-state index is 0.00171. The van der Waals surface area contributed by atoms with Gasteiger partial charge in [0.15, 0.2) is 0 Å². The van der Waals surface area contributed by atoms with Crippen LogP contribution in [0.1, 0.15) is 26.7 Å². The summed E-state index contributed by atoms with van der Waals surface area (Å²) in [6, 6.07) is 0. The average Bonchev–Trinajstić information content (AvgIpc) is 2.27. The monoisotopic (exact) mass is 241 g/mol. The van der Waals surface area contributed by atoms with E-state index in [1.165, 1.54) is 0 Å². The molecule has 0 radical (unpaired) electrons. The lowest BCUT2D eigenvalue weighted by Gasteiger charge is -2.30. The zero-order valence-electron chi connectivity index (χ0n) is 10.7. The zero-order chi connectivity index (χ0) is 12.8. The van der Waals surface area contributed by atoms with Crippen molar-refractivity contribution < 1.29 is 9.59 Å². The van der Waals surface area contributed by atoms with Gasteiger partial charge in [0.05, 0.1) is 12.5 Å². The van der Waals surface area contributed by atoms with E-state index in [-0.39, 0.29) is 18.4 Å². The highest BCUT2D eigenvalue weighted by atomic mass is 16.2. The van der Waals surface area contributed by atoms with E-state index < -0.39 is 5.91 Å². The SMILES string of the molecule is CC(C)CN(CC(N)=O)C(=O)[C@@H]1CCCNC1. The van der Waals surface area contributed by atoms with Gasteiger partial charge >= 0.3 is 0 Å². The van der Waals surface area contributed by atoms with Gasteiger partial charge < -0.3 is 16.0 Å². The maximum atomic E-state index is 12.2. The van der Waals surface area contributed by atoms with Crippen molar-refractivity contribution in [1.29, 1.82) is 0 Å². The molecule has 5 heteroatoms. The fraction of sp³-hybridized carbons (Fsp3) is 0.833. The normalized spacial score (nSPS) is 20.3. The molecule has 1 atom stereocenters. The Balaban J connectivity index is 2.60. The Labute approximate surface area is 103 Å². The molecule has 1 heterocycles. The maximum absolute atomic E-state index is 12.2. The van der Waals surface area contributed by atoms with E-state index in [1.54, 1.807) is 4.90 Å². The third kappa shape index (κ3) is 4.73. The van der Waals surface area contributed by atoms with Gasteiger partial charge in [-0.2, -0.15) is 0 Å². The van der Waals surface area contributed by atoms with E-state index in [0.717, 1.165) is 19.4 Å². The Morgan fingerprint density at radius 2 is 2.18 bits per heavy atom. The highest BCUT2D eigenvalue weighted by Gasteiger charge is 2.26. The van der Waals surface area contributed by atoms with Gasteiger partial charge in [-0.25, -0.2) is 0 Å². The van der Waals surface area contributed by atoms with Crippen LogP contribution in [0.15, 0.2) is 0 Å². The number of piperidine rings is 1. The van der Waals surface area contributed by atoms with Crippen LogP contribution in [0.25, 0.3) is 0 Å². The molecule has 0 spiro atoms. The Morgan fingerprint density at radius 1 is 1.47 bits per heavy atom. The quantitative estimate of drug-likeness (QED) is 0.709. The molecule has 3 N–H and O–H groups in total. The van der Waals surface area contributed by atoms with Crippen LogP contribution in [0, 0.1) is 11.8 Å². The van der Waals surface area contributed by atoms with E-state index >= 15 is 0 Å². The Bertz CT molecular complexity index is 273. The Morgan fingerprint density at radius 3 is 2.65 bits per heavy atom. The number of rotatable bonds is 5. The van der Waals surface area contributed by atoms with E-state index in [1.807, 2.05) is 13.8 Å². The molecule has 17 heavy (non-hydrogen) atoms. The number of nitrogens with zero attached hydrogens (tertiary/aromatic N) is 1. The number of hydrogen-bond donors (Lipinski definition) is 2. The van der Waals surface area contributed by atoms with Gasteiger partial charge in [0, 0.05) is 13.1 Å². The molecule has 98 valence electrons. The number of amides is 2. The Kier molecular flexibility index (Phi) is 5.41. The van der Waals surface area contributed by atoms with Crippen molar-refractivity contribution in [2.24, 2.45) is 17.6 Å². The molecular weight excluding hydrogens is 218 g/mol. The number of hydrogen-bond acceptors (Lipinski definition) is 3. The largest absolute Gasteiger partial charge is 0.368 e. The van der Waals surface area contributed by atoms with Gasteiger partial charge in [-0.1, -0.05) is 13.8 Å². The third-order valence-electron chi connectivity index (χ3n) is 2.89. The molecular formula is C12H23N3O2. The predicted octanol–water partition coefficient (Wildman–Crippen LogP) is -0.0441. The number of carbonyl (C=O) groups is 2. The number of nitrogens with two attached hydrogens (primary N) is 1. The summed E-state index contributed by atoms with van der Waals surface area (Å²) in [6.07, 6.45) is 1.92. The highest BCUT2D eigenvalue weighted by Crippen LogP contribution is 2.14. The van der Waals surface area contributed by atoms with E-state index in [4.69, 9.17) is 5.73 Å². The zero-order valence-corrected chi connectivity index (χ0v) is 10.7. The molecule has 0 aromatic rings. The van der Waals surface area contributed by atoms with E-state index in [9.17, 15) is 9.59 Å². The van der Waals surface area contributed by atoms with Crippen molar-refractivity contribution >= 4 is 11.8 Å². The van der Waals surface area contributed by atoms with Crippen LogP contribution in [0.4, 0.5) is 0 Å². The molecule has 0 aromatic carbocycles. The first-order chi connectivity index (χ1) is 8.00. The minimum atomic E-state index is -0.442. The summed E-state index contributed by atoms with van der Waals surface area (Å²) < 4.78 is 0. The molecule has 1 aliphatic rings. The van der Waals surface area contributed by atoms with Crippen LogP contribution in [0.3, 0.4) is 0 Å². The van der Waals surface area contributed by atoms with Crippen LogP contribution >= 0.6 is 0 Å². The van der Waals surface area contributed by atoms with E-state index in [2.05, 4.69) is 5.32 Å². The molecule has 1 saturated heterocycles. The highest BCUT2D eigenvalue weighted by molar-refractivity contribution is 5.85. The van der Waals surface area contributed by atoms with Gasteiger partial charge in [-0.05, 0) is 25.3 Å². The first-order valence-corrected chi connectivity index (χ1v) is 6.28. The lowest BCUT2D eigenvalue weighted by atomic mass is 9.97. The maximum Gasteiger partial charge on any atom is 0.237 e. The summed E-state index contributed by atoms with van der Waals surface area (Å²) in [5.41, 5.74) is 5.19. The van der Waals surface area contributed by atoms with Crippen LogP contribution < -0.4 is 11.1 Å². The molecule has 0 bridgehead atoms. The second kappa shape index (κ2) is 6.59. The summed E-state index contributed by atoms with van der Waals surface area (Å²) >= 11 is 0. The third-order valence-corrected chi connectivity index (χ3v) is 2.89. The smallest absolute Gasteiger partial charge is 0.237 e. The van der Waals surface area contributed by atoms with Crippen molar-refractivity contribution in [1.82, 2.24) is 10.2 Å². The first-order valence-electron chi connectivity index (χ1n) is 6.28. The molecule has 2 amide bonds. The topological polar surface area (TPSA) is 75.4 Å². The fourth-order valence-corrected chi connectivity index (χ4v) is 2.18. The van der Waals surface area contributed by atoms with Crippen molar-refractivity contribution in [3.63, 3.8) is 0 Å². The van der Waals surface area contributed by atoms with Gasteiger partial charge in [0.2, 0.25) is 11.8 Å². The van der Waals surface area contributed by atoms with Crippen molar-refractivity contribution in [3.05, 3.63) is 0 Å².